The molecule has 7 nitrogen and oxygen atoms in total. The van der Waals surface area contributed by atoms with Crippen LogP contribution in [-0.2, 0) is 0 Å². The van der Waals surface area contributed by atoms with Crippen LogP contribution < -0.4 is 21.6 Å². The summed E-state index contributed by atoms with van der Waals surface area (Å²) in [5.74, 6) is 0.503. The highest BCUT2D eigenvalue weighted by atomic mass is 35.5. The third-order valence-corrected chi connectivity index (χ3v) is 7.96. The number of benzene rings is 1. The maximum atomic E-state index is 13.9. The largest absolute Gasteiger partial charge is 0.383 e. The first-order chi connectivity index (χ1) is 18.5. The summed E-state index contributed by atoms with van der Waals surface area (Å²) in [5, 5.41) is 20.1. The SMILES string of the molecule is C=C(/C=C\C(F)=C/C)[C@H](Nc1cc(Cl)c2ncc(C#N)c(NCC(C)(C)C)c2c1)C1=CN(C23CC(C2)C3)NN1. The molecule has 2 heterocycles. The van der Waals surface area contributed by atoms with Gasteiger partial charge in [-0.15, -0.1) is 5.53 Å². The predicted octanol–water partition coefficient (Wildman–Crippen LogP) is 6.70. The van der Waals surface area contributed by atoms with Crippen LogP contribution in [0.1, 0.15) is 52.5 Å². The Morgan fingerprint density at radius 1 is 1.36 bits per heavy atom. The van der Waals surface area contributed by atoms with Gasteiger partial charge in [-0.25, -0.2) is 4.39 Å². The highest BCUT2D eigenvalue weighted by Crippen LogP contribution is 2.60. The summed E-state index contributed by atoms with van der Waals surface area (Å²) in [6.07, 6.45) is 11.7. The van der Waals surface area contributed by atoms with Crippen molar-refractivity contribution in [2.24, 2.45) is 11.3 Å². The molecule has 0 radical (unpaired) electrons. The highest BCUT2D eigenvalue weighted by molar-refractivity contribution is 6.35. The molecule has 3 saturated carbocycles. The van der Waals surface area contributed by atoms with E-state index in [1.807, 2.05) is 12.1 Å². The number of anilines is 2. The monoisotopic (exact) mass is 547 g/mol. The molecular weight excluding hydrogens is 513 g/mol. The van der Waals surface area contributed by atoms with Crippen molar-refractivity contribution >= 4 is 33.9 Å². The number of hydrogen-bond acceptors (Lipinski definition) is 7. The van der Waals surface area contributed by atoms with Gasteiger partial charge in [0.05, 0.1) is 39.1 Å². The smallest absolute Gasteiger partial charge is 0.118 e. The van der Waals surface area contributed by atoms with Crippen molar-refractivity contribution in [1.29, 1.82) is 5.26 Å². The van der Waals surface area contributed by atoms with E-state index in [-0.39, 0.29) is 16.8 Å². The lowest BCUT2D eigenvalue weighted by Crippen LogP contribution is -2.69. The standard InChI is InChI=1S/C30H35ClFN7/c1-6-21(32)8-7-18(2)26(25-16-39(38-37-25)30-11-19(12-30)13-30)36-22-9-23-27(35-17-29(3,4)5)20(14-33)15-34-28(23)24(31)10-22/h6-10,15-16,19,26,36-38H,2,11-13,17H2,1,3-5H3,(H,34,35)/b8-7-,21-6+/t19?,26-,30?/m0/s1. The van der Waals surface area contributed by atoms with Crippen LogP contribution in [0, 0.1) is 22.7 Å². The van der Waals surface area contributed by atoms with Gasteiger partial charge in [0.25, 0.3) is 0 Å². The molecule has 1 aliphatic heterocycles. The van der Waals surface area contributed by atoms with Gasteiger partial charge in [0.2, 0.25) is 0 Å². The number of nitrogens with one attached hydrogen (secondary N) is 4. The van der Waals surface area contributed by atoms with Gasteiger partial charge < -0.3 is 16.1 Å². The third kappa shape index (κ3) is 5.34. The Bertz CT molecular complexity index is 1430. The number of nitrogens with zero attached hydrogens (tertiary/aromatic N) is 3. The van der Waals surface area contributed by atoms with Gasteiger partial charge in [0.15, 0.2) is 0 Å². The van der Waals surface area contributed by atoms with E-state index in [0.717, 1.165) is 22.7 Å². The lowest BCUT2D eigenvalue weighted by atomic mass is 9.49. The molecule has 0 spiro atoms. The molecule has 1 atom stereocenters. The van der Waals surface area contributed by atoms with Crippen molar-refractivity contribution in [2.45, 2.75) is 58.5 Å². The minimum atomic E-state index is -0.401. The minimum absolute atomic E-state index is 0.000752. The predicted molar refractivity (Wildman–Crippen MR) is 156 cm³/mol. The number of fused-ring (bicyclic) bond motifs is 1. The Kier molecular flexibility index (Phi) is 7.08. The second kappa shape index (κ2) is 10.2. The third-order valence-electron chi connectivity index (χ3n) is 7.67. The molecule has 0 saturated heterocycles. The second-order valence-electron chi connectivity index (χ2n) is 12.0. The van der Waals surface area contributed by atoms with Crippen molar-refractivity contribution in [2.75, 3.05) is 17.2 Å². The molecule has 3 fully saturated rings. The fourth-order valence-electron chi connectivity index (χ4n) is 5.35. The fraction of sp³-hybridized carbons (Fsp3) is 0.400. The van der Waals surface area contributed by atoms with E-state index in [0.29, 0.717) is 33.9 Å². The van der Waals surface area contributed by atoms with Crippen LogP contribution in [-0.4, -0.2) is 28.1 Å². The number of aromatic nitrogens is 1. The summed E-state index contributed by atoms with van der Waals surface area (Å²) in [5.41, 5.74) is 10.8. The first-order valence-electron chi connectivity index (χ1n) is 13.3. The van der Waals surface area contributed by atoms with E-state index in [1.54, 1.807) is 19.2 Å². The number of allylic oxidation sites excluding steroid dienone is 3. The van der Waals surface area contributed by atoms with E-state index in [4.69, 9.17) is 11.6 Å². The Morgan fingerprint density at radius 2 is 2.10 bits per heavy atom. The Labute approximate surface area is 234 Å². The molecule has 1 aromatic carbocycles. The zero-order valence-corrected chi connectivity index (χ0v) is 23.6. The first kappa shape index (κ1) is 27.0. The van der Waals surface area contributed by atoms with Gasteiger partial charge >= 0.3 is 0 Å². The number of rotatable bonds is 9. The highest BCUT2D eigenvalue weighted by Gasteiger charge is 2.60. The van der Waals surface area contributed by atoms with Crippen LogP contribution in [0.4, 0.5) is 15.8 Å². The second-order valence-corrected chi connectivity index (χ2v) is 12.4. The van der Waals surface area contributed by atoms with Gasteiger partial charge in [-0.1, -0.05) is 51.1 Å². The van der Waals surface area contributed by atoms with E-state index in [9.17, 15) is 9.65 Å². The average Bonchev–Trinajstić information content (AvgIpc) is 3.30. The molecule has 4 aliphatic rings. The van der Waals surface area contributed by atoms with E-state index in [1.165, 1.54) is 31.4 Å². The van der Waals surface area contributed by atoms with E-state index in [2.05, 4.69) is 71.2 Å². The Balaban J connectivity index is 1.51. The Morgan fingerprint density at radius 3 is 2.72 bits per heavy atom. The average molecular weight is 548 g/mol. The minimum Gasteiger partial charge on any atom is -0.383 e. The molecule has 2 aromatic rings. The lowest BCUT2D eigenvalue weighted by Gasteiger charge is -2.64. The molecule has 204 valence electrons. The summed E-state index contributed by atoms with van der Waals surface area (Å²) < 4.78 is 13.9. The van der Waals surface area contributed by atoms with Crippen molar-refractivity contribution < 1.29 is 4.39 Å². The van der Waals surface area contributed by atoms with Gasteiger partial charge in [-0.2, -0.15) is 5.26 Å². The number of nitriles is 1. The van der Waals surface area contributed by atoms with E-state index < -0.39 is 6.04 Å². The van der Waals surface area contributed by atoms with Crippen molar-refractivity contribution in [3.63, 3.8) is 0 Å². The molecule has 3 aliphatic carbocycles. The maximum absolute atomic E-state index is 13.9. The number of halogens is 2. The van der Waals surface area contributed by atoms with Crippen LogP contribution in [0.25, 0.3) is 10.9 Å². The molecule has 0 unspecified atom stereocenters. The first-order valence-corrected chi connectivity index (χ1v) is 13.6. The molecule has 6 rings (SSSR count). The summed E-state index contributed by atoms with van der Waals surface area (Å²) in [6, 6.07) is 5.60. The quantitative estimate of drug-likeness (QED) is 0.260. The van der Waals surface area contributed by atoms with Crippen molar-refractivity contribution in [3.8, 4) is 6.07 Å². The zero-order chi connectivity index (χ0) is 27.9. The summed E-state index contributed by atoms with van der Waals surface area (Å²) in [7, 11) is 0. The van der Waals surface area contributed by atoms with Crippen LogP contribution in [0.5, 0.6) is 0 Å². The molecule has 39 heavy (non-hydrogen) atoms. The number of hydrazine groups is 2. The molecule has 2 bridgehead atoms. The topological polar surface area (TPSA) is 88.0 Å². The van der Waals surface area contributed by atoms with Crippen LogP contribution >= 0.6 is 11.6 Å². The normalized spacial score (nSPS) is 23.0. The molecular formula is C30H35ClFN7. The van der Waals surface area contributed by atoms with Gasteiger partial charge in [0, 0.05) is 30.0 Å². The summed E-state index contributed by atoms with van der Waals surface area (Å²) >= 11 is 6.72. The van der Waals surface area contributed by atoms with E-state index >= 15 is 0 Å². The molecule has 9 heteroatoms. The maximum Gasteiger partial charge on any atom is 0.118 e. The lowest BCUT2D eigenvalue weighted by molar-refractivity contribution is -0.141. The molecule has 0 amide bonds. The van der Waals surface area contributed by atoms with Gasteiger partial charge in [0.1, 0.15) is 11.9 Å². The Hall–Kier alpha value is -3.54. The van der Waals surface area contributed by atoms with Crippen molar-refractivity contribution in [1.82, 2.24) is 21.0 Å². The van der Waals surface area contributed by atoms with Gasteiger partial charge in [-0.3, -0.25) is 9.99 Å². The fourth-order valence-corrected chi connectivity index (χ4v) is 5.61. The van der Waals surface area contributed by atoms with Gasteiger partial charge in [-0.05, 0) is 61.3 Å². The molecule has 4 N–H and O–H groups in total. The van der Waals surface area contributed by atoms with Crippen LogP contribution in [0.3, 0.4) is 0 Å². The zero-order valence-electron chi connectivity index (χ0n) is 22.8. The molecule has 1 aromatic heterocycles. The van der Waals surface area contributed by atoms with Crippen molar-refractivity contribution in [3.05, 3.63) is 77.0 Å². The summed E-state index contributed by atoms with van der Waals surface area (Å²) in [6.45, 7) is 12.9. The van der Waals surface area contributed by atoms with Crippen LogP contribution in [0.15, 0.2) is 66.4 Å². The summed E-state index contributed by atoms with van der Waals surface area (Å²) in [4.78, 5) is 4.47. The number of pyridine rings is 1. The number of hydrogen-bond donors (Lipinski definition) is 4. The van der Waals surface area contributed by atoms with Crippen LogP contribution in [0.2, 0.25) is 5.02 Å².